The standard InChI is InChI=1S/C6H12N2O7/c7-14-3-1(9)4(5(11)12)13-6(15-8)2(3)10/h1-4,6,9-10H,7-8H2,(H,11,12). The normalized spacial score (nSPS) is 41.5. The molecule has 0 radical (unpaired) electrons. The Morgan fingerprint density at radius 3 is 2.20 bits per heavy atom. The van der Waals surface area contributed by atoms with Gasteiger partial charge in [0.15, 0.2) is 6.10 Å². The zero-order chi connectivity index (χ0) is 11.6. The molecule has 1 fully saturated rings. The molecular weight excluding hydrogens is 212 g/mol. The van der Waals surface area contributed by atoms with E-state index in [1.807, 2.05) is 0 Å². The van der Waals surface area contributed by atoms with Crippen LogP contribution in [0.1, 0.15) is 0 Å². The summed E-state index contributed by atoms with van der Waals surface area (Å²) in [4.78, 5) is 19.1. The van der Waals surface area contributed by atoms with E-state index in [4.69, 9.17) is 16.9 Å². The fourth-order valence-corrected chi connectivity index (χ4v) is 1.31. The molecule has 9 nitrogen and oxygen atoms in total. The van der Waals surface area contributed by atoms with Gasteiger partial charge in [-0.3, -0.25) is 9.68 Å². The molecule has 1 rings (SSSR count). The fraction of sp³-hybridized carbons (Fsp3) is 0.833. The molecule has 0 bridgehead atoms. The first-order chi connectivity index (χ1) is 7.02. The summed E-state index contributed by atoms with van der Waals surface area (Å²) in [6.07, 6.45) is -7.51. The molecule has 0 aromatic heterocycles. The second-order valence-electron chi connectivity index (χ2n) is 2.98. The van der Waals surface area contributed by atoms with E-state index >= 15 is 0 Å². The maximum absolute atomic E-state index is 10.6. The average Bonchev–Trinajstić information content (AvgIpc) is 2.18. The van der Waals surface area contributed by atoms with Gasteiger partial charge >= 0.3 is 5.97 Å². The van der Waals surface area contributed by atoms with Crippen LogP contribution in [0.15, 0.2) is 0 Å². The highest BCUT2D eigenvalue weighted by Crippen LogP contribution is 2.22. The number of aliphatic carboxylic acids is 1. The summed E-state index contributed by atoms with van der Waals surface area (Å²) in [7, 11) is 0. The number of hydrogen-bond donors (Lipinski definition) is 5. The number of carboxylic acid groups (broad SMARTS) is 1. The summed E-state index contributed by atoms with van der Waals surface area (Å²) in [5.74, 6) is 8.12. The molecule has 5 unspecified atom stereocenters. The summed E-state index contributed by atoms with van der Waals surface area (Å²) >= 11 is 0. The molecule has 88 valence electrons. The SMILES string of the molecule is NOC1OC(C(=O)O)C(O)C(ON)C1O. The van der Waals surface area contributed by atoms with E-state index in [0.29, 0.717) is 0 Å². The first kappa shape index (κ1) is 12.3. The Morgan fingerprint density at radius 1 is 1.20 bits per heavy atom. The smallest absolute Gasteiger partial charge is 0.335 e. The molecule has 0 aliphatic carbocycles. The number of ether oxygens (including phenoxy) is 1. The highest BCUT2D eigenvalue weighted by Gasteiger charge is 2.48. The summed E-state index contributed by atoms with van der Waals surface area (Å²) in [5.41, 5.74) is 0. The van der Waals surface area contributed by atoms with Crippen LogP contribution >= 0.6 is 0 Å². The number of nitrogens with two attached hydrogens (primary N) is 2. The molecule has 15 heavy (non-hydrogen) atoms. The molecule has 9 heteroatoms. The van der Waals surface area contributed by atoms with Crippen LogP contribution in [0.5, 0.6) is 0 Å². The number of carbonyl (C=O) groups is 1. The van der Waals surface area contributed by atoms with Crippen molar-refractivity contribution in [2.24, 2.45) is 11.8 Å². The molecular formula is C6H12N2O7. The van der Waals surface area contributed by atoms with Crippen molar-refractivity contribution in [3.63, 3.8) is 0 Å². The van der Waals surface area contributed by atoms with Crippen molar-refractivity contribution >= 4 is 5.97 Å². The number of aliphatic hydroxyl groups is 2. The van der Waals surface area contributed by atoms with Gasteiger partial charge in [-0.1, -0.05) is 0 Å². The van der Waals surface area contributed by atoms with Gasteiger partial charge in [0.25, 0.3) is 0 Å². The summed E-state index contributed by atoms with van der Waals surface area (Å²) in [5, 5.41) is 27.5. The quantitative estimate of drug-likeness (QED) is 0.309. The second kappa shape index (κ2) is 4.81. The minimum atomic E-state index is -1.63. The van der Waals surface area contributed by atoms with Gasteiger partial charge in [-0.25, -0.2) is 16.6 Å². The van der Waals surface area contributed by atoms with Crippen LogP contribution in [-0.4, -0.2) is 52.0 Å². The zero-order valence-electron chi connectivity index (χ0n) is 7.52. The molecule has 5 atom stereocenters. The molecule has 0 aromatic carbocycles. The van der Waals surface area contributed by atoms with E-state index in [2.05, 4.69) is 14.4 Å². The van der Waals surface area contributed by atoms with Crippen molar-refractivity contribution in [2.45, 2.75) is 30.7 Å². The number of hydrogen-bond acceptors (Lipinski definition) is 8. The van der Waals surface area contributed by atoms with Crippen molar-refractivity contribution in [1.82, 2.24) is 0 Å². The van der Waals surface area contributed by atoms with Gasteiger partial charge in [-0.2, -0.15) is 0 Å². The van der Waals surface area contributed by atoms with Crippen LogP contribution in [0, 0.1) is 0 Å². The lowest BCUT2D eigenvalue weighted by Gasteiger charge is -2.38. The lowest BCUT2D eigenvalue weighted by atomic mass is 9.99. The van der Waals surface area contributed by atoms with Crippen molar-refractivity contribution in [1.29, 1.82) is 0 Å². The maximum atomic E-state index is 10.6. The molecule has 1 saturated heterocycles. The van der Waals surface area contributed by atoms with Gasteiger partial charge < -0.3 is 20.1 Å². The molecule has 1 aliphatic rings. The Balaban J connectivity index is 2.84. The Morgan fingerprint density at radius 2 is 1.80 bits per heavy atom. The van der Waals surface area contributed by atoms with Gasteiger partial charge in [0.1, 0.15) is 18.3 Å². The molecule has 0 saturated carbocycles. The number of aliphatic hydroxyl groups excluding tert-OH is 2. The monoisotopic (exact) mass is 224 g/mol. The van der Waals surface area contributed by atoms with Crippen molar-refractivity contribution < 1.29 is 34.5 Å². The van der Waals surface area contributed by atoms with Crippen LogP contribution < -0.4 is 11.8 Å². The minimum Gasteiger partial charge on any atom is -0.479 e. The van der Waals surface area contributed by atoms with Crippen LogP contribution in [0.25, 0.3) is 0 Å². The second-order valence-corrected chi connectivity index (χ2v) is 2.98. The molecule has 1 aliphatic heterocycles. The number of rotatable bonds is 3. The Bertz CT molecular complexity index is 238. The van der Waals surface area contributed by atoms with Crippen molar-refractivity contribution in [2.75, 3.05) is 0 Å². The minimum absolute atomic E-state index is 1.35. The van der Waals surface area contributed by atoms with Crippen molar-refractivity contribution in [3.8, 4) is 0 Å². The largest absolute Gasteiger partial charge is 0.479 e. The predicted octanol–water partition coefficient (Wildman–Crippen LogP) is -3.33. The first-order valence-electron chi connectivity index (χ1n) is 3.98. The Kier molecular flexibility index (Phi) is 3.93. The van der Waals surface area contributed by atoms with E-state index in [0.717, 1.165) is 0 Å². The Labute approximate surface area is 84.0 Å². The van der Waals surface area contributed by atoms with E-state index < -0.39 is 36.7 Å². The third kappa shape index (κ3) is 2.23. The van der Waals surface area contributed by atoms with Gasteiger partial charge in [0, 0.05) is 0 Å². The molecule has 7 N–H and O–H groups in total. The molecule has 0 aromatic rings. The highest BCUT2D eigenvalue weighted by molar-refractivity contribution is 5.73. The van der Waals surface area contributed by atoms with E-state index in [9.17, 15) is 15.0 Å². The lowest BCUT2D eigenvalue weighted by molar-refractivity contribution is -0.302. The van der Waals surface area contributed by atoms with Gasteiger partial charge in [-0.15, -0.1) is 0 Å². The van der Waals surface area contributed by atoms with Gasteiger partial charge in [-0.05, 0) is 0 Å². The van der Waals surface area contributed by atoms with Crippen LogP contribution in [0.4, 0.5) is 0 Å². The molecule has 0 spiro atoms. The topological polar surface area (TPSA) is 157 Å². The summed E-state index contributed by atoms with van der Waals surface area (Å²) < 4.78 is 4.67. The highest BCUT2D eigenvalue weighted by atomic mass is 16.8. The molecule has 1 heterocycles. The Hall–Kier alpha value is -0.810. The first-order valence-corrected chi connectivity index (χ1v) is 3.98. The van der Waals surface area contributed by atoms with Crippen LogP contribution in [0.3, 0.4) is 0 Å². The fourth-order valence-electron chi connectivity index (χ4n) is 1.31. The van der Waals surface area contributed by atoms with Crippen LogP contribution in [-0.2, 0) is 19.2 Å². The third-order valence-corrected chi connectivity index (χ3v) is 2.08. The average molecular weight is 224 g/mol. The van der Waals surface area contributed by atoms with Crippen LogP contribution in [0.2, 0.25) is 0 Å². The number of carboxylic acids is 1. The zero-order valence-corrected chi connectivity index (χ0v) is 7.52. The maximum Gasteiger partial charge on any atom is 0.335 e. The summed E-state index contributed by atoms with van der Waals surface area (Å²) in [6, 6.07) is 0. The third-order valence-electron chi connectivity index (χ3n) is 2.08. The van der Waals surface area contributed by atoms with Crippen molar-refractivity contribution in [3.05, 3.63) is 0 Å². The van der Waals surface area contributed by atoms with Gasteiger partial charge in [0.05, 0.1) is 0 Å². The molecule has 0 amide bonds. The van der Waals surface area contributed by atoms with Gasteiger partial charge in [0.2, 0.25) is 6.29 Å². The lowest BCUT2D eigenvalue weighted by Crippen LogP contribution is -2.62. The van der Waals surface area contributed by atoms with E-state index in [-0.39, 0.29) is 0 Å². The predicted molar refractivity (Wildman–Crippen MR) is 42.6 cm³/mol. The van der Waals surface area contributed by atoms with E-state index in [1.165, 1.54) is 0 Å². The summed E-state index contributed by atoms with van der Waals surface area (Å²) in [6.45, 7) is 0. The van der Waals surface area contributed by atoms with E-state index in [1.54, 1.807) is 0 Å².